The number of hydrogen-bond acceptors (Lipinski definition) is 5. The van der Waals surface area contributed by atoms with Crippen LogP contribution in [-0.2, 0) is 0 Å². The molecular formula is C11H11N5O2. The van der Waals surface area contributed by atoms with Crippen LogP contribution >= 0.6 is 0 Å². The van der Waals surface area contributed by atoms with E-state index < -0.39 is 4.92 Å². The maximum Gasteiger partial charge on any atom is 0.292 e. The van der Waals surface area contributed by atoms with Gasteiger partial charge in [-0.1, -0.05) is 0 Å². The van der Waals surface area contributed by atoms with E-state index in [-0.39, 0.29) is 11.4 Å². The molecule has 1 saturated carbocycles. The van der Waals surface area contributed by atoms with E-state index in [1.807, 2.05) is 0 Å². The van der Waals surface area contributed by atoms with E-state index in [4.69, 9.17) is 5.73 Å². The molecule has 1 aromatic carbocycles. The van der Waals surface area contributed by atoms with Gasteiger partial charge in [-0.3, -0.25) is 15.2 Å². The van der Waals surface area contributed by atoms with Gasteiger partial charge in [0.2, 0.25) is 0 Å². The molecule has 3 rings (SSSR count). The van der Waals surface area contributed by atoms with Crippen LogP contribution in [0, 0.1) is 10.1 Å². The zero-order valence-electron chi connectivity index (χ0n) is 9.46. The summed E-state index contributed by atoms with van der Waals surface area (Å²) in [5, 5.41) is 17.8. The number of aromatic nitrogens is 3. The van der Waals surface area contributed by atoms with E-state index in [1.54, 1.807) is 6.07 Å². The number of H-pyrrole nitrogens is 1. The van der Waals surface area contributed by atoms with Gasteiger partial charge in [0.15, 0.2) is 5.82 Å². The highest BCUT2D eigenvalue weighted by molar-refractivity contribution is 5.68. The average molecular weight is 245 g/mol. The molecule has 1 fully saturated rings. The fourth-order valence-electron chi connectivity index (χ4n) is 1.78. The van der Waals surface area contributed by atoms with Gasteiger partial charge in [0.25, 0.3) is 5.69 Å². The summed E-state index contributed by atoms with van der Waals surface area (Å²) >= 11 is 0. The van der Waals surface area contributed by atoms with Crippen molar-refractivity contribution < 1.29 is 4.92 Å². The van der Waals surface area contributed by atoms with Crippen molar-refractivity contribution in [2.75, 3.05) is 5.73 Å². The van der Waals surface area contributed by atoms with Gasteiger partial charge in [-0.15, -0.1) is 0 Å². The fraction of sp³-hybridized carbons (Fsp3) is 0.273. The Morgan fingerprint density at radius 1 is 1.44 bits per heavy atom. The standard InChI is InChI=1S/C11H11N5O2/c12-8-4-3-7(5-9(8)16(17)18)11-13-10(14-15-11)6-1-2-6/h3-6H,1-2,12H2,(H,13,14,15). The number of nitrogens with two attached hydrogens (primary N) is 1. The molecule has 1 aromatic heterocycles. The lowest BCUT2D eigenvalue weighted by Gasteiger charge is -1.99. The van der Waals surface area contributed by atoms with Gasteiger partial charge in [-0.25, -0.2) is 4.98 Å². The normalized spacial score (nSPS) is 14.7. The number of nitro groups is 1. The van der Waals surface area contributed by atoms with Gasteiger partial charge in [-0.2, -0.15) is 5.10 Å². The van der Waals surface area contributed by atoms with Crippen molar-refractivity contribution in [2.45, 2.75) is 18.8 Å². The van der Waals surface area contributed by atoms with Gasteiger partial charge in [0.1, 0.15) is 11.5 Å². The van der Waals surface area contributed by atoms with Crippen LogP contribution < -0.4 is 5.73 Å². The minimum absolute atomic E-state index is 0.120. The van der Waals surface area contributed by atoms with E-state index in [0.29, 0.717) is 17.3 Å². The summed E-state index contributed by atoms with van der Waals surface area (Å²) in [4.78, 5) is 14.6. The van der Waals surface area contributed by atoms with Crippen LogP contribution in [0.3, 0.4) is 0 Å². The summed E-state index contributed by atoms with van der Waals surface area (Å²) in [7, 11) is 0. The molecule has 18 heavy (non-hydrogen) atoms. The van der Waals surface area contributed by atoms with Crippen LogP contribution in [0.2, 0.25) is 0 Å². The van der Waals surface area contributed by atoms with Crippen molar-refractivity contribution in [1.29, 1.82) is 0 Å². The van der Waals surface area contributed by atoms with Crippen LogP contribution in [0.25, 0.3) is 11.4 Å². The second-order valence-electron chi connectivity index (χ2n) is 4.35. The first-order valence-corrected chi connectivity index (χ1v) is 5.62. The van der Waals surface area contributed by atoms with Crippen molar-refractivity contribution in [3.63, 3.8) is 0 Å². The Labute approximate surface area is 102 Å². The Bertz CT molecular complexity index is 618. The van der Waals surface area contributed by atoms with Gasteiger partial charge in [-0.05, 0) is 25.0 Å². The molecule has 0 saturated heterocycles. The van der Waals surface area contributed by atoms with Crippen molar-refractivity contribution in [2.24, 2.45) is 0 Å². The molecule has 1 aliphatic rings. The number of benzene rings is 1. The van der Waals surface area contributed by atoms with Crippen molar-refractivity contribution in [3.8, 4) is 11.4 Å². The third-order valence-electron chi connectivity index (χ3n) is 2.95. The molecule has 0 radical (unpaired) electrons. The number of anilines is 1. The third kappa shape index (κ3) is 1.79. The summed E-state index contributed by atoms with van der Waals surface area (Å²) < 4.78 is 0. The zero-order chi connectivity index (χ0) is 12.7. The van der Waals surface area contributed by atoms with Crippen molar-refractivity contribution >= 4 is 11.4 Å². The molecule has 1 heterocycles. The Hall–Kier alpha value is -2.44. The first-order chi connectivity index (χ1) is 8.65. The number of rotatable bonds is 3. The minimum atomic E-state index is -0.507. The maximum atomic E-state index is 10.8. The number of nitrogen functional groups attached to an aromatic ring is 1. The van der Waals surface area contributed by atoms with Crippen LogP contribution in [0.5, 0.6) is 0 Å². The van der Waals surface area contributed by atoms with E-state index in [2.05, 4.69) is 15.2 Å². The van der Waals surface area contributed by atoms with E-state index >= 15 is 0 Å². The first-order valence-electron chi connectivity index (χ1n) is 5.62. The van der Waals surface area contributed by atoms with Gasteiger partial charge in [0.05, 0.1) is 4.92 Å². The van der Waals surface area contributed by atoms with Crippen molar-refractivity contribution in [1.82, 2.24) is 15.2 Å². The number of nitrogens with zero attached hydrogens (tertiary/aromatic N) is 3. The molecule has 2 aromatic rings. The first kappa shape index (κ1) is 10.7. The summed E-state index contributed by atoms with van der Waals surface area (Å²) in [6.07, 6.45) is 2.24. The molecule has 92 valence electrons. The summed E-state index contributed by atoms with van der Waals surface area (Å²) in [6.45, 7) is 0. The topological polar surface area (TPSA) is 111 Å². The van der Waals surface area contributed by atoms with E-state index in [0.717, 1.165) is 18.7 Å². The number of nitrogens with one attached hydrogen (secondary N) is 1. The van der Waals surface area contributed by atoms with Crippen LogP contribution in [0.4, 0.5) is 11.4 Å². The zero-order valence-corrected chi connectivity index (χ0v) is 9.46. The van der Waals surface area contributed by atoms with Crippen LogP contribution in [0.1, 0.15) is 24.6 Å². The summed E-state index contributed by atoms with van der Waals surface area (Å²) in [5.41, 5.74) is 6.16. The van der Waals surface area contributed by atoms with Crippen molar-refractivity contribution in [3.05, 3.63) is 34.1 Å². The highest BCUT2D eigenvalue weighted by atomic mass is 16.6. The minimum Gasteiger partial charge on any atom is -0.393 e. The Morgan fingerprint density at radius 2 is 2.22 bits per heavy atom. The average Bonchev–Trinajstić information content (AvgIpc) is 3.08. The maximum absolute atomic E-state index is 10.8. The lowest BCUT2D eigenvalue weighted by atomic mass is 10.1. The quantitative estimate of drug-likeness (QED) is 0.487. The predicted octanol–water partition coefficient (Wildman–Crippen LogP) is 1.84. The SMILES string of the molecule is Nc1ccc(-c2n[nH]c(C3CC3)n2)cc1[N+](=O)[O-]. The number of aromatic amines is 1. The predicted molar refractivity (Wildman–Crippen MR) is 64.9 cm³/mol. The van der Waals surface area contributed by atoms with Gasteiger partial charge < -0.3 is 5.73 Å². The molecule has 7 heteroatoms. The van der Waals surface area contributed by atoms with E-state index in [9.17, 15) is 10.1 Å². The molecule has 0 amide bonds. The fourth-order valence-corrected chi connectivity index (χ4v) is 1.78. The third-order valence-corrected chi connectivity index (χ3v) is 2.95. The molecule has 0 bridgehead atoms. The van der Waals surface area contributed by atoms with Crippen LogP contribution in [0.15, 0.2) is 18.2 Å². The largest absolute Gasteiger partial charge is 0.393 e. The van der Waals surface area contributed by atoms with Crippen LogP contribution in [-0.4, -0.2) is 20.1 Å². The monoisotopic (exact) mass is 245 g/mol. The number of nitro benzene ring substituents is 1. The molecule has 0 aliphatic heterocycles. The Kier molecular flexibility index (Phi) is 2.26. The van der Waals surface area contributed by atoms with E-state index in [1.165, 1.54) is 12.1 Å². The molecule has 0 spiro atoms. The molecule has 0 unspecified atom stereocenters. The molecular weight excluding hydrogens is 234 g/mol. The lowest BCUT2D eigenvalue weighted by molar-refractivity contribution is -0.383. The number of hydrogen-bond donors (Lipinski definition) is 2. The van der Waals surface area contributed by atoms with Gasteiger partial charge in [0, 0.05) is 17.5 Å². The smallest absolute Gasteiger partial charge is 0.292 e. The lowest BCUT2D eigenvalue weighted by Crippen LogP contribution is -1.96. The molecule has 7 nitrogen and oxygen atoms in total. The van der Waals surface area contributed by atoms with Gasteiger partial charge >= 0.3 is 0 Å². The highest BCUT2D eigenvalue weighted by Gasteiger charge is 2.27. The Balaban J connectivity index is 1.99. The summed E-state index contributed by atoms with van der Waals surface area (Å²) in [6, 6.07) is 4.58. The second kappa shape index (κ2) is 3.80. The Morgan fingerprint density at radius 3 is 2.89 bits per heavy atom. The second-order valence-corrected chi connectivity index (χ2v) is 4.35. The molecule has 1 aliphatic carbocycles. The summed E-state index contributed by atoms with van der Waals surface area (Å²) in [5.74, 6) is 1.79. The molecule has 3 N–H and O–H groups in total. The molecule has 0 atom stereocenters. The highest BCUT2D eigenvalue weighted by Crippen LogP contribution is 2.38.